The fourth-order valence-electron chi connectivity index (χ4n) is 2.93. The molecule has 0 heterocycles. The predicted molar refractivity (Wildman–Crippen MR) is 124 cm³/mol. The summed E-state index contributed by atoms with van der Waals surface area (Å²) in [5, 5.41) is 8.31. The van der Waals surface area contributed by atoms with Crippen molar-refractivity contribution in [3.63, 3.8) is 0 Å². The molecule has 0 spiro atoms. The van der Waals surface area contributed by atoms with Gasteiger partial charge in [-0.1, -0.05) is 41.4 Å². The van der Waals surface area contributed by atoms with E-state index in [1.165, 1.54) is 23.8 Å². The summed E-state index contributed by atoms with van der Waals surface area (Å²) in [6.45, 7) is 5.57. The first-order chi connectivity index (χ1) is 14.8. The molecule has 9 heteroatoms. The quantitative estimate of drug-likeness (QED) is 0.504. The molecule has 3 N–H and O–H groups in total. The first-order valence-corrected chi connectivity index (χ1v) is 10.6. The fraction of sp³-hybridized carbons (Fsp3) is 0.318. The highest BCUT2D eigenvalue weighted by Crippen LogP contribution is 2.20. The SMILES string of the molecule is CCN(CCNC(=O)CNC(=O)CNC(=O)c1ccc(Cl)cc1Cl)c1ccccc1C. The molecule has 0 saturated heterocycles. The summed E-state index contributed by atoms with van der Waals surface area (Å²) in [5.41, 5.74) is 2.51. The van der Waals surface area contributed by atoms with Crippen LogP contribution in [-0.2, 0) is 9.59 Å². The standard InChI is InChI=1S/C22H26Cl2N4O3/c1-3-28(19-7-5-4-6-15(19)2)11-10-25-20(29)13-26-21(30)14-27-22(31)17-9-8-16(23)12-18(17)24/h4-9,12H,3,10-11,13-14H2,1-2H3,(H,25,29)(H,26,30)(H,27,31). The third kappa shape index (κ3) is 7.77. The second-order valence-electron chi connectivity index (χ2n) is 6.80. The molecular formula is C22H26Cl2N4O3. The minimum absolute atomic E-state index is 0.174. The molecule has 0 saturated carbocycles. The molecule has 0 unspecified atom stereocenters. The monoisotopic (exact) mass is 464 g/mol. The van der Waals surface area contributed by atoms with Crippen LogP contribution in [0.25, 0.3) is 0 Å². The molecule has 3 amide bonds. The Morgan fingerprint density at radius 1 is 0.935 bits per heavy atom. The molecule has 166 valence electrons. The number of nitrogens with zero attached hydrogens (tertiary/aromatic N) is 1. The zero-order valence-electron chi connectivity index (χ0n) is 17.5. The normalized spacial score (nSPS) is 10.3. The lowest BCUT2D eigenvalue weighted by atomic mass is 10.2. The maximum absolute atomic E-state index is 12.1. The molecule has 0 atom stereocenters. The summed E-state index contributed by atoms with van der Waals surface area (Å²) < 4.78 is 0. The maximum Gasteiger partial charge on any atom is 0.253 e. The molecule has 0 aromatic heterocycles. The Kier molecular flexibility index (Phi) is 9.62. The molecule has 0 fully saturated rings. The van der Waals surface area contributed by atoms with Crippen molar-refractivity contribution in [3.05, 3.63) is 63.6 Å². The number of benzene rings is 2. The molecule has 2 aromatic carbocycles. The zero-order valence-corrected chi connectivity index (χ0v) is 19.0. The minimum Gasteiger partial charge on any atom is -0.370 e. The topological polar surface area (TPSA) is 90.5 Å². The number of aryl methyl sites for hydroxylation is 1. The van der Waals surface area contributed by atoms with Gasteiger partial charge in [-0.2, -0.15) is 0 Å². The average molecular weight is 465 g/mol. The van der Waals surface area contributed by atoms with Crippen LogP contribution in [0.15, 0.2) is 42.5 Å². The van der Waals surface area contributed by atoms with E-state index in [2.05, 4.69) is 27.8 Å². The van der Waals surface area contributed by atoms with Crippen LogP contribution in [0.4, 0.5) is 5.69 Å². The third-order valence-electron chi connectivity index (χ3n) is 4.57. The lowest BCUT2D eigenvalue weighted by Gasteiger charge is -2.25. The Hall–Kier alpha value is -2.77. The first kappa shape index (κ1) is 24.5. The summed E-state index contributed by atoms with van der Waals surface area (Å²) in [4.78, 5) is 38.2. The van der Waals surface area contributed by atoms with Gasteiger partial charge in [0.1, 0.15) is 0 Å². The van der Waals surface area contributed by atoms with Gasteiger partial charge in [0.15, 0.2) is 0 Å². The molecule has 31 heavy (non-hydrogen) atoms. The van der Waals surface area contributed by atoms with Crippen LogP contribution >= 0.6 is 23.2 Å². The van der Waals surface area contributed by atoms with Crippen LogP contribution in [0.3, 0.4) is 0 Å². The molecule has 2 aromatic rings. The number of hydrogen-bond acceptors (Lipinski definition) is 4. The highest BCUT2D eigenvalue weighted by molar-refractivity contribution is 6.36. The van der Waals surface area contributed by atoms with Gasteiger partial charge in [0.2, 0.25) is 11.8 Å². The highest BCUT2D eigenvalue weighted by atomic mass is 35.5. The molecular weight excluding hydrogens is 439 g/mol. The van der Waals surface area contributed by atoms with E-state index in [1.807, 2.05) is 31.2 Å². The number of anilines is 1. The summed E-state index contributed by atoms with van der Waals surface area (Å²) in [6.07, 6.45) is 0. The van der Waals surface area contributed by atoms with Gasteiger partial charge >= 0.3 is 0 Å². The summed E-state index contributed by atoms with van der Waals surface area (Å²) in [7, 11) is 0. The van der Waals surface area contributed by atoms with Crippen molar-refractivity contribution in [3.8, 4) is 0 Å². The molecule has 7 nitrogen and oxygen atoms in total. The number of rotatable bonds is 10. The third-order valence-corrected chi connectivity index (χ3v) is 5.12. The van der Waals surface area contributed by atoms with Crippen molar-refractivity contribution in [2.75, 3.05) is 37.6 Å². The van der Waals surface area contributed by atoms with E-state index in [9.17, 15) is 14.4 Å². The van der Waals surface area contributed by atoms with Gasteiger partial charge in [0.25, 0.3) is 5.91 Å². The zero-order chi connectivity index (χ0) is 22.8. The second kappa shape index (κ2) is 12.2. The number of likely N-dealkylation sites (N-methyl/N-ethyl adjacent to an activating group) is 1. The summed E-state index contributed by atoms with van der Waals surface area (Å²) in [6, 6.07) is 12.5. The Morgan fingerprint density at radius 2 is 1.61 bits per heavy atom. The van der Waals surface area contributed by atoms with E-state index >= 15 is 0 Å². The Morgan fingerprint density at radius 3 is 2.29 bits per heavy atom. The molecule has 0 aliphatic heterocycles. The number of carbonyl (C=O) groups is 3. The van der Waals surface area contributed by atoms with Crippen molar-refractivity contribution in [1.29, 1.82) is 0 Å². The predicted octanol–water partition coefficient (Wildman–Crippen LogP) is 2.79. The smallest absolute Gasteiger partial charge is 0.253 e. The maximum atomic E-state index is 12.1. The average Bonchev–Trinajstić information content (AvgIpc) is 2.74. The van der Waals surface area contributed by atoms with Gasteiger partial charge < -0.3 is 20.9 Å². The first-order valence-electron chi connectivity index (χ1n) is 9.89. The van der Waals surface area contributed by atoms with Crippen LogP contribution in [0, 0.1) is 6.92 Å². The van der Waals surface area contributed by atoms with Crippen LogP contribution < -0.4 is 20.9 Å². The van der Waals surface area contributed by atoms with E-state index in [-0.39, 0.29) is 29.6 Å². The molecule has 0 radical (unpaired) electrons. The van der Waals surface area contributed by atoms with E-state index in [0.29, 0.717) is 18.1 Å². The van der Waals surface area contributed by atoms with Gasteiger partial charge in [-0.15, -0.1) is 0 Å². The van der Waals surface area contributed by atoms with Gasteiger partial charge in [-0.05, 0) is 43.7 Å². The van der Waals surface area contributed by atoms with Crippen molar-refractivity contribution in [2.24, 2.45) is 0 Å². The van der Waals surface area contributed by atoms with E-state index in [4.69, 9.17) is 23.2 Å². The Bertz CT molecular complexity index is 937. The number of hydrogen-bond donors (Lipinski definition) is 3. The van der Waals surface area contributed by atoms with Crippen molar-refractivity contribution in [1.82, 2.24) is 16.0 Å². The number of halogens is 2. The van der Waals surface area contributed by atoms with E-state index in [1.54, 1.807) is 0 Å². The molecule has 0 bridgehead atoms. The molecule has 0 aliphatic carbocycles. The Balaban J connectivity index is 1.69. The van der Waals surface area contributed by atoms with Crippen LogP contribution in [0.1, 0.15) is 22.8 Å². The van der Waals surface area contributed by atoms with Crippen LogP contribution in [0.5, 0.6) is 0 Å². The van der Waals surface area contributed by atoms with Crippen molar-refractivity contribution >= 4 is 46.6 Å². The minimum atomic E-state index is -0.503. The van der Waals surface area contributed by atoms with Gasteiger partial charge in [-0.3, -0.25) is 14.4 Å². The fourth-order valence-corrected chi connectivity index (χ4v) is 3.43. The molecule has 0 aliphatic rings. The van der Waals surface area contributed by atoms with Crippen LogP contribution in [0.2, 0.25) is 10.0 Å². The van der Waals surface area contributed by atoms with Crippen LogP contribution in [-0.4, -0.2) is 50.4 Å². The largest absolute Gasteiger partial charge is 0.370 e. The second-order valence-corrected chi connectivity index (χ2v) is 7.64. The Labute approximate surface area is 192 Å². The number of para-hydroxylation sites is 1. The van der Waals surface area contributed by atoms with Gasteiger partial charge in [-0.25, -0.2) is 0 Å². The van der Waals surface area contributed by atoms with Crippen molar-refractivity contribution < 1.29 is 14.4 Å². The van der Waals surface area contributed by atoms with E-state index < -0.39 is 11.8 Å². The lowest BCUT2D eigenvalue weighted by Crippen LogP contribution is -2.43. The summed E-state index contributed by atoms with van der Waals surface area (Å²) in [5.74, 6) is -1.29. The molecule has 2 rings (SSSR count). The lowest BCUT2D eigenvalue weighted by molar-refractivity contribution is -0.125. The van der Waals surface area contributed by atoms with E-state index in [0.717, 1.165) is 12.2 Å². The van der Waals surface area contributed by atoms with Gasteiger partial charge in [0, 0.05) is 30.3 Å². The highest BCUT2D eigenvalue weighted by Gasteiger charge is 2.13. The number of nitrogens with one attached hydrogen (secondary N) is 3. The van der Waals surface area contributed by atoms with Gasteiger partial charge in [0.05, 0.1) is 23.7 Å². The number of carbonyl (C=O) groups excluding carboxylic acids is 3. The number of amides is 3. The van der Waals surface area contributed by atoms with Crippen molar-refractivity contribution in [2.45, 2.75) is 13.8 Å². The summed E-state index contributed by atoms with van der Waals surface area (Å²) >= 11 is 11.8.